The monoisotopic (exact) mass is 288 g/mol. The molecule has 3 rings (SSSR count). The summed E-state index contributed by atoms with van der Waals surface area (Å²) in [5.74, 6) is 0.571. The number of likely N-dealkylation sites (tertiary alicyclic amines) is 1. The summed E-state index contributed by atoms with van der Waals surface area (Å²) in [6.45, 7) is 5.54. The topological polar surface area (TPSA) is 40.6 Å². The van der Waals surface area contributed by atoms with Crippen molar-refractivity contribution in [3.05, 3.63) is 23.8 Å². The van der Waals surface area contributed by atoms with Crippen LogP contribution in [0, 0.1) is 29.6 Å². The van der Waals surface area contributed by atoms with Gasteiger partial charge in [0.05, 0.1) is 11.8 Å². The molecule has 0 N–H and O–H groups in total. The Balaban J connectivity index is 1.84. The summed E-state index contributed by atoms with van der Waals surface area (Å²) in [5, 5.41) is 0. The van der Waals surface area contributed by atoms with Gasteiger partial charge in [0.15, 0.2) is 0 Å². The number of rotatable bonds is 4. The van der Waals surface area contributed by atoms with Gasteiger partial charge in [-0.2, -0.15) is 0 Å². The molecule has 114 valence electrons. The van der Waals surface area contributed by atoms with Crippen molar-refractivity contribution in [2.75, 3.05) is 27.2 Å². The van der Waals surface area contributed by atoms with Crippen LogP contribution >= 0.6 is 0 Å². The van der Waals surface area contributed by atoms with Gasteiger partial charge in [-0.05, 0) is 20.0 Å². The second-order valence-electron chi connectivity index (χ2n) is 7.03. The molecule has 1 saturated heterocycles. The molecule has 1 heterocycles. The van der Waals surface area contributed by atoms with E-state index in [0.29, 0.717) is 12.5 Å². The molecule has 4 atom stereocenters. The van der Waals surface area contributed by atoms with Crippen LogP contribution in [0.5, 0.6) is 0 Å². The number of likely N-dealkylation sites (N-methyl/N-ethyl adjacent to an activating group) is 1. The average Bonchev–Trinajstić information content (AvgIpc) is 2.99. The number of amides is 2. The highest BCUT2D eigenvalue weighted by atomic mass is 16.2. The highest BCUT2D eigenvalue weighted by Gasteiger charge is 2.61. The fraction of sp³-hybridized carbons (Fsp3) is 0.647. The minimum Gasteiger partial charge on any atom is -0.308 e. The van der Waals surface area contributed by atoms with E-state index in [0.717, 1.165) is 6.54 Å². The van der Waals surface area contributed by atoms with Crippen LogP contribution < -0.4 is 0 Å². The molecule has 2 aliphatic carbocycles. The predicted molar refractivity (Wildman–Crippen MR) is 81.3 cm³/mol. The maximum absolute atomic E-state index is 12.7. The highest BCUT2D eigenvalue weighted by Crippen LogP contribution is 2.55. The van der Waals surface area contributed by atoms with Crippen molar-refractivity contribution in [2.45, 2.75) is 13.8 Å². The molecule has 2 bridgehead atoms. The molecule has 1 aliphatic heterocycles. The lowest BCUT2D eigenvalue weighted by molar-refractivity contribution is -0.140. The van der Waals surface area contributed by atoms with E-state index in [4.69, 9.17) is 0 Å². The van der Waals surface area contributed by atoms with E-state index in [2.05, 4.69) is 32.1 Å². The first kappa shape index (κ1) is 14.5. The molecule has 21 heavy (non-hydrogen) atoms. The van der Waals surface area contributed by atoms with Gasteiger partial charge < -0.3 is 4.90 Å². The fourth-order valence-electron chi connectivity index (χ4n) is 4.00. The third-order valence-electron chi connectivity index (χ3n) is 4.86. The van der Waals surface area contributed by atoms with E-state index in [1.165, 1.54) is 10.5 Å². The van der Waals surface area contributed by atoms with Crippen LogP contribution in [0.4, 0.5) is 0 Å². The summed E-state index contributed by atoms with van der Waals surface area (Å²) in [7, 11) is 3.92. The summed E-state index contributed by atoms with van der Waals surface area (Å²) < 4.78 is 0. The first-order chi connectivity index (χ1) is 9.91. The minimum atomic E-state index is -0.139. The lowest BCUT2D eigenvalue weighted by Gasteiger charge is -2.20. The molecule has 2 unspecified atom stereocenters. The van der Waals surface area contributed by atoms with Crippen molar-refractivity contribution in [3.63, 3.8) is 0 Å². The summed E-state index contributed by atoms with van der Waals surface area (Å²) in [5.41, 5.74) is 1.30. The molecular weight excluding hydrogens is 264 g/mol. The van der Waals surface area contributed by atoms with Crippen molar-refractivity contribution >= 4 is 11.8 Å². The van der Waals surface area contributed by atoms with Crippen molar-refractivity contribution in [1.82, 2.24) is 9.80 Å². The predicted octanol–water partition coefficient (Wildman–Crippen LogP) is 1.55. The summed E-state index contributed by atoms with van der Waals surface area (Å²) in [6, 6.07) is 0. The summed E-state index contributed by atoms with van der Waals surface area (Å²) in [6.07, 6.45) is 6.53. The molecule has 2 fully saturated rings. The van der Waals surface area contributed by atoms with Crippen LogP contribution in [-0.2, 0) is 9.59 Å². The average molecular weight is 288 g/mol. The van der Waals surface area contributed by atoms with Crippen LogP contribution in [0.25, 0.3) is 0 Å². The Bertz CT molecular complexity index is 499. The van der Waals surface area contributed by atoms with E-state index in [1.807, 2.05) is 19.0 Å². The standard InChI is InChI=1S/C17H24N2O2/c1-10(2)9-13-11-5-6-12(13)15-14(11)16(20)19(17(15)21)8-7-18(3)4/h5-6,9-12,14-15H,7-8H2,1-4H3/b13-9-/t11?,12?,14-,15+/m0/s1. The van der Waals surface area contributed by atoms with Gasteiger partial charge in [-0.3, -0.25) is 14.5 Å². The fourth-order valence-corrected chi connectivity index (χ4v) is 4.00. The second-order valence-corrected chi connectivity index (χ2v) is 7.03. The second kappa shape index (κ2) is 5.09. The Morgan fingerprint density at radius 3 is 2.10 bits per heavy atom. The zero-order valence-corrected chi connectivity index (χ0v) is 13.2. The van der Waals surface area contributed by atoms with Gasteiger partial charge in [-0.1, -0.05) is 37.6 Å². The number of fused-ring (bicyclic) bond motifs is 5. The van der Waals surface area contributed by atoms with Crippen molar-refractivity contribution < 1.29 is 9.59 Å². The van der Waals surface area contributed by atoms with Gasteiger partial charge in [0.25, 0.3) is 0 Å². The van der Waals surface area contributed by atoms with Gasteiger partial charge in [0.1, 0.15) is 0 Å². The molecule has 0 radical (unpaired) electrons. The van der Waals surface area contributed by atoms with Gasteiger partial charge in [-0.15, -0.1) is 0 Å². The molecule has 0 aromatic rings. The lowest BCUT2D eigenvalue weighted by atomic mass is 9.85. The van der Waals surface area contributed by atoms with Gasteiger partial charge in [0.2, 0.25) is 11.8 Å². The van der Waals surface area contributed by atoms with Gasteiger partial charge >= 0.3 is 0 Å². The quantitative estimate of drug-likeness (QED) is 0.582. The zero-order valence-electron chi connectivity index (χ0n) is 13.2. The highest BCUT2D eigenvalue weighted by molar-refractivity contribution is 6.07. The largest absolute Gasteiger partial charge is 0.308 e. The third kappa shape index (κ3) is 2.16. The normalized spacial score (nSPS) is 35.9. The van der Waals surface area contributed by atoms with Crippen LogP contribution in [0.3, 0.4) is 0 Å². The maximum Gasteiger partial charge on any atom is 0.234 e. The zero-order chi connectivity index (χ0) is 15.3. The molecule has 4 nitrogen and oxygen atoms in total. The number of carbonyl (C=O) groups is 2. The molecule has 0 spiro atoms. The number of hydrogen-bond acceptors (Lipinski definition) is 3. The minimum absolute atomic E-state index is 0.0401. The number of carbonyl (C=O) groups excluding carboxylic acids is 2. The molecule has 3 aliphatic rings. The molecule has 2 amide bonds. The molecule has 1 saturated carbocycles. The number of allylic oxidation sites excluding steroid dienone is 4. The smallest absolute Gasteiger partial charge is 0.234 e. The Morgan fingerprint density at radius 2 is 1.67 bits per heavy atom. The molecular formula is C17H24N2O2. The third-order valence-corrected chi connectivity index (χ3v) is 4.86. The van der Waals surface area contributed by atoms with Crippen LogP contribution in [0.2, 0.25) is 0 Å². The Morgan fingerprint density at radius 1 is 1.14 bits per heavy atom. The maximum atomic E-state index is 12.7. The van der Waals surface area contributed by atoms with Crippen LogP contribution in [-0.4, -0.2) is 48.8 Å². The molecule has 0 aromatic carbocycles. The van der Waals surface area contributed by atoms with Crippen molar-refractivity contribution in [2.24, 2.45) is 29.6 Å². The Kier molecular flexibility index (Phi) is 3.52. The van der Waals surface area contributed by atoms with E-state index in [1.54, 1.807) is 0 Å². The Labute approximate surface area is 126 Å². The van der Waals surface area contributed by atoms with Crippen LogP contribution in [0.1, 0.15) is 13.8 Å². The van der Waals surface area contributed by atoms with E-state index in [-0.39, 0.29) is 35.5 Å². The summed E-state index contributed by atoms with van der Waals surface area (Å²) >= 11 is 0. The SMILES string of the molecule is CC(C)/C=C1\C2C=CC1[C@@H]1C(=O)N(CCN(C)C)C(=O)[C@H]21. The molecule has 4 heteroatoms. The Hall–Kier alpha value is -1.42. The van der Waals surface area contributed by atoms with Gasteiger partial charge in [0, 0.05) is 24.9 Å². The molecule has 0 aromatic heterocycles. The van der Waals surface area contributed by atoms with Crippen molar-refractivity contribution in [3.8, 4) is 0 Å². The first-order valence-electron chi connectivity index (χ1n) is 7.81. The van der Waals surface area contributed by atoms with Gasteiger partial charge in [-0.25, -0.2) is 0 Å². The van der Waals surface area contributed by atoms with E-state index < -0.39 is 0 Å². The number of imide groups is 1. The number of nitrogens with zero attached hydrogens (tertiary/aromatic N) is 2. The van der Waals surface area contributed by atoms with Crippen molar-refractivity contribution in [1.29, 1.82) is 0 Å². The first-order valence-corrected chi connectivity index (χ1v) is 7.81. The summed E-state index contributed by atoms with van der Waals surface area (Å²) in [4.78, 5) is 28.8. The number of hydrogen-bond donors (Lipinski definition) is 0. The van der Waals surface area contributed by atoms with E-state index in [9.17, 15) is 9.59 Å². The van der Waals surface area contributed by atoms with Crippen LogP contribution in [0.15, 0.2) is 23.8 Å². The lowest BCUT2D eigenvalue weighted by Crippen LogP contribution is -2.38. The van der Waals surface area contributed by atoms with E-state index >= 15 is 0 Å².